The molecule has 0 unspecified atom stereocenters. The minimum absolute atomic E-state index is 0.144. The molecule has 1 aromatic heterocycles. The third-order valence-electron chi connectivity index (χ3n) is 3.61. The molecule has 0 bridgehead atoms. The van der Waals surface area contributed by atoms with Crippen LogP contribution in [0.3, 0.4) is 0 Å². The third kappa shape index (κ3) is 4.54. The van der Waals surface area contributed by atoms with Gasteiger partial charge in [0, 0.05) is 24.2 Å². The van der Waals surface area contributed by atoms with Crippen molar-refractivity contribution >= 4 is 39.2 Å². The molecule has 2 aromatic carbocycles. The number of hydrogen-bond donors (Lipinski definition) is 3. The lowest BCUT2D eigenvalue weighted by atomic mass is 10.2. The van der Waals surface area contributed by atoms with E-state index in [1.54, 1.807) is 35.6 Å². The van der Waals surface area contributed by atoms with Crippen LogP contribution in [-0.4, -0.2) is 23.5 Å². The Bertz CT molecular complexity index is 856. The maximum absolute atomic E-state index is 12.1. The second kappa shape index (κ2) is 7.76. The molecular weight excluding hydrogens is 336 g/mol. The Kier molecular flexibility index (Phi) is 5.25. The first-order valence-electron chi connectivity index (χ1n) is 7.91. The van der Waals surface area contributed by atoms with Gasteiger partial charge in [-0.05, 0) is 42.8 Å². The van der Waals surface area contributed by atoms with Crippen molar-refractivity contribution in [3.63, 3.8) is 0 Å². The van der Waals surface area contributed by atoms with E-state index in [0.29, 0.717) is 17.8 Å². The summed E-state index contributed by atoms with van der Waals surface area (Å²) < 4.78 is 1.19. The van der Waals surface area contributed by atoms with E-state index in [0.717, 1.165) is 23.4 Å². The number of aryl methyl sites for hydroxylation is 1. The summed E-state index contributed by atoms with van der Waals surface area (Å²) in [6.07, 6.45) is 1.66. The fourth-order valence-corrected chi connectivity index (χ4v) is 3.43. The average Bonchev–Trinajstić information content (AvgIpc) is 3.01. The van der Waals surface area contributed by atoms with E-state index in [-0.39, 0.29) is 5.91 Å². The van der Waals surface area contributed by atoms with Gasteiger partial charge in [-0.2, -0.15) is 0 Å². The predicted octanol–water partition coefficient (Wildman–Crippen LogP) is 3.15. The smallest absolute Gasteiger partial charge is 0.316 e. The van der Waals surface area contributed by atoms with E-state index >= 15 is 0 Å². The lowest BCUT2D eigenvalue weighted by molar-refractivity contribution is 0.0953. The molecule has 0 aliphatic rings. The van der Waals surface area contributed by atoms with Crippen LogP contribution in [0.5, 0.6) is 0 Å². The summed E-state index contributed by atoms with van der Waals surface area (Å²) in [6, 6.07) is 14.0. The van der Waals surface area contributed by atoms with Crippen molar-refractivity contribution in [2.75, 3.05) is 11.9 Å². The Morgan fingerprint density at radius 1 is 1.08 bits per heavy atom. The Morgan fingerprint density at radius 2 is 1.84 bits per heavy atom. The number of aromatic nitrogens is 1. The van der Waals surface area contributed by atoms with Gasteiger partial charge < -0.3 is 16.4 Å². The van der Waals surface area contributed by atoms with Crippen LogP contribution in [0.25, 0.3) is 10.2 Å². The van der Waals surface area contributed by atoms with Crippen LogP contribution in [-0.2, 0) is 6.42 Å². The number of hydrogen-bond acceptors (Lipinski definition) is 4. The zero-order valence-corrected chi connectivity index (χ0v) is 14.3. The monoisotopic (exact) mass is 354 g/mol. The zero-order valence-electron chi connectivity index (χ0n) is 13.5. The van der Waals surface area contributed by atoms with Crippen LogP contribution < -0.4 is 16.4 Å². The number of nitrogens with zero attached hydrogens (tertiary/aromatic N) is 1. The number of rotatable bonds is 6. The highest BCUT2D eigenvalue weighted by Crippen LogP contribution is 2.22. The highest BCUT2D eigenvalue weighted by molar-refractivity contribution is 7.18. The van der Waals surface area contributed by atoms with Crippen molar-refractivity contribution in [1.29, 1.82) is 0 Å². The Hall–Kier alpha value is -2.93. The van der Waals surface area contributed by atoms with E-state index in [9.17, 15) is 9.59 Å². The molecule has 25 heavy (non-hydrogen) atoms. The van der Waals surface area contributed by atoms with Gasteiger partial charge in [0.25, 0.3) is 5.91 Å². The molecule has 4 N–H and O–H groups in total. The lowest BCUT2D eigenvalue weighted by Crippen LogP contribution is -2.25. The van der Waals surface area contributed by atoms with Gasteiger partial charge >= 0.3 is 6.03 Å². The fraction of sp³-hybridized carbons (Fsp3) is 0.167. The largest absolute Gasteiger partial charge is 0.352 e. The van der Waals surface area contributed by atoms with E-state index in [4.69, 9.17) is 5.73 Å². The maximum atomic E-state index is 12.1. The fourth-order valence-electron chi connectivity index (χ4n) is 2.42. The van der Waals surface area contributed by atoms with Crippen molar-refractivity contribution in [3.8, 4) is 0 Å². The van der Waals surface area contributed by atoms with Gasteiger partial charge in [-0.1, -0.05) is 12.1 Å². The van der Waals surface area contributed by atoms with Crippen LogP contribution in [0, 0.1) is 0 Å². The summed E-state index contributed by atoms with van der Waals surface area (Å²) in [5.41, 5.74) is 7.16. The first-order chi connectivity index (χ1) is 12.1. The third-order valence-corrected chi connectivity index (χ3v) is 4.70. The minimum Gasteiger partial charge on any atom is -0.352 e. The van der Waals surface area contributed by atoms with E-state index < -0.39 is 6.03 Å². The van der Waals surface area contributed by atoms with Gasteiger partial charge in [-0.25, -0.2) is 9.78 Å². The molecule has 0 saturated carbocycles. The minimum atomic E-state index is -0.632. The molecule has 0 aliphatic carbocycles. The van der Waals surface area contributed by atoms with Crippen LogP contribution in [0.4, 0.5) is 10.5 Å². The molecule has 0 fully saturated rings. The van der Waals surface area contributed by atoms with Crippen molar-refractivity contribution in [3.05, 3.63) is 59.1 Å². The second-order valence-corrected chi connectivity index (χ2v) is 6.62. The lowest BCUT2D eigenvalue weighted by Gasteiger charge is -2.06. The van der Waals surface area contributed by atoms with Crippen molar-refractivity contribution in [2.24, 2.45) is 5.73 Å². The molecule has 7 heteroatoms. The van der Waals surface area contributed by atoms with E-state index in [1.165, 1.54) is 4.70 Å². The Balaban J connectivity index is 1.46. The molecular formula is C18H18N4O2S. The summed E-state index contributed by atoms with van der Waals surface area (Å²) in [7, 11) is 0. The van der Waals surface area contributed by atoms with Crippen LogP contribution in [0.1, 0.15) is 21.8 Å². The molecule has 0 atom stereocenters. The number of urea groups is 1. The van der Waals surface area contributed by atoms with Gasteiger partial charge in [0.15, 0.2) is 0 Å². The SMILES string of the molecule is NC(=O)Nc1ccc(C(=O)NCCCc2nc3ccccc3s2)cc1. The van der Waals surface area contributed by atoms with Crippen LogP contribution in [0.2, 0.25) is 0 Å². The summed E-state index contributed by atoms with van der Waals surface area (Å²) >= 11 is 1.69. The number of nitrogens with one attached hydrogen (secondary N) is 2. The number of benzene rings is 2. The zero-order chi connectivity index (χ0) is 17.6. The Labute approximate surface area is 149 Å². The molecule has 3 rings (SSSR count). The summed E-state index contributed by atoms with van der Waals surface area (Å²) in [6.45, 7) is 0.579. The number of para-hydroxylation sites is 1. The molecule has 0 aliphatic heterocycles. The van der Waals surface area contributed by atoms with Gasteiger partial charge in [-0.3, -0.25) is 4.79 Å². The average molecular weight is 354 g/mol. The molecule has 0 spiro atoms. The number of primary amides is 1. The van der Waals surface area contributed by atoms with Gasteiger partial charge in [0.1, 0.15) is 0 Å². The number of thiazole rings is 1. The number of carbonyl (C=O) groups is 2. The van der Waals surface area contributed by atoms with Gasteiger partial charge in [0.2, 0.25) is 0 Å². The summed E-state index contributed by atoms with van der Waals surface area (Å²) in [4.78, 5) is 27.4. The second-order valence-electron chi connectivity index (χ2n) is 5.50. The molecule has 3 amide bonds. The number of nitrogens with two attached hydrogens (primary N) is 1. The number of fused-ring (bicyclic) bond motifs is 1. The highest BCUT2D eigenvalue weighted by atomic mass is 32.1. The molecule has 0 radical (unpaired) electrons. The standard InChI is InChI=1S/C18H18N4O2S/c19-18(24)21-13-9-7-12(8-10-13)17(23)20-11-3-6-16-22-14-4-1-2-5-15(14)25-16/h1-2,4-5,7-10H,3,6,11H2,(H,20,23)(H3,19,21,24). The predicted molar refractivity (Wildman–Crippen MR) is 99.9 cm³/mol. The van der Waals surface area contributed by atoms with Crippen molar-refractivity contribution in [1.82, 2.24) is 10.3 Å². The summed E-state index contributed by atoms with van der Waals surface area (Å²) in [5, 5.41) is 6.42. The van der Waals surface area contributed by atoms with Gasteiger partial charge in [-0.15, -0.1) is 11.3 Å². The molecule has 128 valence electrons. The first-order valence-corrected chi connectivity index (χ1v) is 8.72. The normalized spacial score (nSPS) is 10.6. The van der Waals surface area contributed by atoms with Crippen LogP contribution in [0.15, 0.2) is 48.5 Å². The molecule has 0 saturated heterocycles. The van der Waals surface area contributed by atoms with E-state index in [2.05, 4.69) is 21.7 Å². The number of carbonyl (C=O) groups excluding carboxylic acids is 2. The van der Waals surface area contributed by atoms with Crippen molar-refractivity contribution < 1.29 is 9.59 Å². The molecule has 3 aromatic rings. The van der Waals surface area contributed by atoms with Crippen molar-refractivity contribution in [2.45, 2.75) is 12.8 Å². The topological polar surface area (TPSA) is 97.1 Å². The quantitative estimate of drug-likeness (QED) is 0.593. The maximum Gasteiger partial charge on any atom is 0.316 e. The molecule has 1 heterocycles. The number of amides is 3. The van der Waals surface area contributed by atoms with Crippen LogP contribution >= 0.6 is 11.3 Å². The Morgan fingerprint density at radius 3 is 2.56 bits per heavy atom. The first kappa shape index (κ1) is 16.9. The highest BCUT2D eigenvalue weighted by Gasteiger charge is 2.06. The van der Waals surface area contributed by atoms with Gasteiger partial charge in [0.05, 0.1) is 15.2 Å². The van der Waals surface area contributed by atoms with E-state index in [1.807, 2.05) is 18.2 Å². The number of anilines is 1. The summed E-state index contributed by atoms with van der Waals surface area (Å²) in [5.74, 6) is -0.144. The molecule has 6 nitrogen and oxygen atoms in total.